The van der Waals surface area contributed by atoms with E-state index >= 15 is 0 Å². The van der Waals surface area contributed by atoms with Crippen molar-refractivity contribution in [3.63, 3.8) is 0 Å². The second-order valence-electron chi connectivity index (χ2n) is 3.96. The highest BCUT2D eigenvalue weighted by molar-refractivity contribution is 6.07. The van der Waals surface area contributed by atoms with E-state index in [2.05, 4.69) is 5.16 Å². The van der Waals surface area contributed by atoms with Gasteiger partial charge in [0.25, 0.3) is 5.91 Å². The molecule has 1 aromatic carbocycles. The zero-order chi connectivity index (χ0) is 13.8. The number of carbonyl (C=O) groups excluding carboxylic acids is 1. The molecule has 0 aliphatic heterocycles. The minimum atomic E-state index is -1.10. The van der Waals surface area contributed by atoms with Gasteiger partial charge in [0.15, 0.2) is 0 Å². The lowest BCUT2D eigenvalue weighted by atomic mass is 10.2. The van der Waals surface area contributed by atoms with Crippen molar-refractivity contribution in [3.05, 3.63) is 47.9 Å². The van der Waals surface area contributed by atoms with Crippen molar-refractivity contribution < 1.29 is 19.2 Å². The molecule has 2 rings (SSSR count). The number of hydrogen-bond donors (Lipinski definition) is 1. The molecule has 19 heavy (non-hydrogen) atoms. The van der Waals surface area contributed by atoms with E-state index in [1.165, 1.54) is 6.20 Å². The maximum Gasteiger partial charge on any atom is 0.323 e. The molecule has 1 aromatic heterocycles. The summed E-state index contributed by atoms with van der Waals surface area (Å²) in [5.41, 5.74) is 1.06. The van der Waals surface area contributed by atoms with Crippen molar-refractivity contribution in [1.29, 1.82) is 0 Å². The van der Waals surface area contributed by atoms with Gasteiger partial charge in [0.1, 0.15) is 6.54 Å². The van der Waals surface area contributed by atoms with Crippen molar-refractivity contribution in [2.75, 3.05) is 11.4 Å². The van der Waals surface area contributed by atoms with Crippen LogP contribution in [0.25, 0.3) is 0 Å². The van der Waals surface area contributed by atoms with Crippen molar-refractivity contribution in [3.8, 4) is 0 Å². The molecule has 0 spiro atoms. The number of rotatable bonds is 4. The van der Waals surface area contributed by atoms with Gasteiger partial charge in [-0.15, -0.1) is 0 Å². The number of aliphatic carboxylic acids is 1. The summed E-state index contributed by atoms with van der Waals surface area (Å²) in [6.45, 7) is 1.23. The van der Waals surface area contributed by atoms with E-state index in [0.29, 0.717) is 11.3 Å². The van der Waals surface area contributed by atoms with Crippen molar-refractivity contribution in [2.24, 2.45) is 0 Å². The third-order valence-electron chi connectivity index (χ3n) is 2.55. The van der Waals surface area contributed by atoms with E-state index in [-0.39, 0.29) is 5.76 Å². The Hall–Kier alpha value is -2.63. The zero-order valence-corrected chi connectivity index (χ0v) is 10.2. The Morgan fingerprint density at radius 2 is 2.00 bits per heavy atom. The largest absolute Gasteiger partial charge is 0.480 e. The van der Waals surface area contributed by atoms with Crippen LogP contribution < -0.4 is 4.90 Å². The summed E-state index contributed by atoms with van der Waals surface area (Å²) in [6, 6.07) is 8.56. The topological polar surface area (TPSA) is 83.6 Å². The summed E-state index contributed by atoms with van der Waals surface area (Å²) < 4.78 is 4.88. The third kappa shape index (κ3) is 2.79. The molecule has 98 valence electrons. The molecule has 0 saturated carbocycles. The lowest BCUT2D eigenvalue weighted by Gasteiger charge is -2.19. The van der Waals surface area contributed by atoms with Gasteiger partial charge in [-0.2, -0.15) is 0 Å². The number of anilines is 1. The molecule has 0 atom stereocenters. The Kier molecular flexibility index (Phi) is 3.61. The fourth-order valence-corrected chi connectivity index (χ4v) is 1.64. The number of carboxylic acid groups (broad SMARTS) is 1. The molecule has 0 unspecified atom stereocenters. The minimum absolute atomic E-state index is 0.0464. The van der Waals surface area contributed by atoms with Crippen LogP contribution in [0.5, 0.6) is 0 Å². The first-order chi connectivity index (χ1) is 9.09. The number of aromatic nitrogens is 1. The number of amides is 1. The summed E-state index contributed by atoms with van der Waals surface area (Å²) in [6.07, 6.45) is 1.41. The van der Waals surface area contributed by atoms with Gasteiger partial charge in [-0.3, -0.25) is 14.5 Å². The highest BCUT2D eigenvalue weighted by atomic mass is 16.5. The Balaban J connectivity index is 2.36. The van der Waals surface area contributed by atoms with Gasteiger partial charge in [0, 0.05) is 11.3 Å². The molecule has 6 heteroatoms. The molecule has 0 bridgehead atoms. The Bertz CT molecular complexity index is 592. The van der Waals surface area contributed by atoms with E-state index in [9.17, 15) is 9.59 Å². The molecule has 6 nitrogen and oxygen atoms in total. The van der Waals surface area contributed by atoms with Gasteiger partial charge in [-0.1, -0.05) is 23.4 Å². The van der Waals surface area contributed by atoms with Gasteiger partial charge < -0.3 is 9.63 Å². The molecule has 0 aliphatic carbocycles. The molecule has 0 radical (unpaired) electrons. The standard InChI is InChI=1S/C13H12N2O4/c1-9-7-14-19-12(9)13(18)15(8-11(16)17)10-5-3-2-4-6-10/h2-7H,8H2,1H3,(H,16,17). The van der Waals surface area contributed by atoms with Crippen LogP contribution in [0.1, 0.15) is 16.1 Å². The molecule has 0 aliphatic rings. The predicted molar refractivity (Wildman–Crippen MR) is 67.0 cm³/mol. The monoisotopic (exact) mass is 260 g/mol. The first kappa shape index (κ1) is 12.8. The first-order valence-corrected chi connectivity index (χ1v) is 5.59. The second-order valence-corrected chi connectivity index (χ2v) is 3.96. The fraction of sp³-hybridized carbons (Fsp3) is 0.154. The third-order valence-corrected chi connectivity index (χ3v) is 2.55. The van der Waals surface area contributed by atoms with E-state index in [1.807, 2.05) is 0 Å². The van der Waals surface area contributed by atoms with Crippen LogP contribution in [0.4, 0.5) is 5.69 Å². The van der Waals surface area contributed by atoms with Gasteiger partial charge in [0.2, 0.25) is 5.76 Å². The number of aryl methyl sites for hydroxylation is 1. The lowest BCUT2D eigenvalue weighted by molar-refractivity contribution is -0.135. The maximum absolute atomic E-state index is 12.3. The average Bonchev–Trinajstić information content (AvgIpc) is 2.82. The van der Waals surface area contributed by atoms with Crippen molar-refractivity contribution in [1.82, 2.24) is 5.16 Å². The summed E-state index contributed by atoms with van der Waals surface area (Å²) in [4.78, 5) is 24.3. The normalized spacial score (nSPS) is 10.2. The Morgan fingerprint density at radius 1 is 1.32 bits per heavy atom. The average molecular weight is 260 g/mol. The SMILES string of the molecule is Cc1cnoc1C(=O)N(CC(=O)O)c1ccccc1. The molecular weight excluding hydrogens is 248 g/mol. The zero-order valence-electron chi connectivity index (χ0n) is 10.2. The van der Waals surface area contributed by atoms with Crippen LogP contribution in [0.2, 0.25) is 0 Å². The molecule has 0 saturated heterocycles. The van der Waals surface area contributed by atoms with Gasteiger partial charge in [0.05, 0.1) is 6.20 Å². The molecule has 2 aromatic rings. The van der Waals surface area contributed by atoms with Crippen molar-refractivity contribution in [2.45, 2.75) is 6.92 Å². The molecular formula is C13H12N2O4. The molecule has 1 N–H and O–H groups in total. The summed E-state index contributed by atoms with van der Waals surface area (Å²) in [5, 5.41) is 12.4. The van der Waals surface area contributed by atoms with E-state index in [0.717, 1.165) is 4.90 Å². The highest BCUT2D eigenvalue weighted by Crippen LogP contribution is 2.18. The number of hydrogen-bond acceptors (Lipinski definition) is 4. The summed E-state index contributed by atoms with van der Waals surface area (Å²) >= 11 is 0. The van der Waals surface area contributed by atoms with Crippen LogP contribution >= 0.6 is 0 Å². The van der Waals surface area contributed by atoms with Gasteiger partial charge in [-0.25, -0.2) is 0 Å². The summed E-state index contributed by atoms with van der Waals surface area (Å²) in [5.74, 6) is -1.58. The van der Waals surface area contributed by atoms with Crippen molar-refractivity contribution >= 4 is 17.6 Å². The number of para-hydroxylation sites is 1. The number of carboxylic acids is 1. The van der Waals surface area contributed by atoms with Gasteiger partial charge >= 0.3 is 5.97 Å². The maximum atomic E-state index is 12.3. The fourth-order valence-electron chi connectivity index (χ4n) is 1.64. The quantitative estimate of drug-likeness (QED) is 0.904. The van der Waals surface area contributed by atoms with E-state index in [4.69, 9.17) is 9.63 Å². The molecule has 0 fully saturated rings. The van der Waals surface area contributed by atoms with Crippen LogP contribution in [-0.4, -0.2) is 28.7 Å². The van der Waals surface area contributed by atoms with E-state index < -0.39 is 18.4 Å². The second kappa shape index (κ2) is 5.34. The van der Waals surface area contributed by atoms with Gasteiger partial charge in [-0.05, 0) is 19.1 Å². The van der Waals surface area contributed by atoms with E-state index in [1.54, 1.807) is 37.3 Å². The lowest BCUT2D eigenvalue weighted by Crippen LogP contribution is -2.35. The minimum Gasteiger partial charge on any atom is -0.480 e. The summed E-state index contributed by atoms with van der Waals surface area (Å²) in [7, 11) is 0. The first-order valence-electron chi connectivity index (χ1n) is 5.59. The van der Waals surface area contributed by atoms with Crippen LogP contribution in [0, 0.1) is 6.92 Å². The van der Waals surface area contributed by atoms with Crippen LogP contribution in [0.3, 0.4) is 0 Å². The number of benzene rings is 1. The Morgan fingerprint density at radius 3 is 2.53 bits per heavy atom. The number of carbonyl (C=O) groups is 2. The van der Waals surface area contributed by atoms with Crippen LogP contribution in [0.15, 0.2) is 41.1 Å². The molecule has 1 heterocycles. The Labute approximate surface area is 109 Å². The molecule has 1 amide bonds. The predicted octanol–water partition coefficient (Wildman–Crippen LogP) is 1.71. The smallest absolute Gasteiger partial charge is 0.323 e. The van der Waals surface area contributed by atoms with Crippen LogP contribution in [-0.2, 0) is 4.79 Å². The number of nitrogens with zero attached hydrogens (tertiary/aromatic N) is 2. The highest BCUT2D eigenvalue weighted by Gasteiger charge is 2.24.